The van der Waals surface area contributed by atoms with Gasteiger partial charge in [-0.15, -0.1) is 0 Å². The topological polar surface area (TPSA) is 76.4 Å². The first-order valence-electron chi connectivity index (χ1n) is 11.3. The van der Waals surface area contributed by atoms with Gasteiger partial charge < -0.3 is 23.7 Å². The van der Waals surface area contributed by atoms with Crippen molar-refractivity contribution < 1.29 is 19.1 Å². The second-order valence-corrected chi connectivity index (χ2v) is 8.77. The van der Waals surface area contributed by atoms with Gasteiger partial charge in [0.25, 0.3) is 5.91 Å². The highest BCUT2D eigenvalue weighted by molar-refractivity contribution is 5.94. The molecule has 1 fully saturated rings. The monoisotopic (exact) mass is 450 g/mol. The zero-order valence-electron chi connectivity index (χ0n) is 19.4. The van der Waals surface area contributed by atoms with Crippen LogP contribution in [0, 0.1) is 12.8 Å². The van der Waals surface area contributed by atoms with Gasteiger partial charge in [0.2, 0.25) is 0 Å². The van der Waals surface area contributed by atoms with Crippen LogP contribution in [0.1, 0.15) is 35.5 Å². The number of nitrogens with zero attached hydrogens (tertiary/aromatic N) is 4. The summed E-state index contributed by atoms with van der Waals surface area (Å²) < 4.78 is 13.2. The Bertz CT molecular complexity index is 1130. The van der Waals surface area contributed by atoms with Gasteiger partial charge >= 0.3 is 6.09 Å². The largest absolute Gasteiger partial charge is 0.487 e. The summed E-state index contributed by atoms with van der Waals surface area (Å²) in [5, 5.41) is 0. The number of ether oxygens (including phenoxy) is 2. The molecule has 0 saturated carbocycles. The van der Waals surface area contributed by atoms with Crippen molar-refractivity contribution in [3.05, 3.63) is 65.6 Å². The predicted octanol–water partition coefficient (Wildman–Crippen LogP) is 3.77. The van der Waals surface area contributed by atoms with Gasteiger partial charge in [-0.2, -0.15) is 0 Å². The number of aromatic nitrogens is 2. The molecule has 4 rings (SSSR count). The van der Waals surface area contributed by atoms with Gasteiger partial charge in [0, 0.05) is 44.1 Å². The van der Waals surface area contributed by atoms with Crippen LogP contribution in [0.25, 0.3) is 5.65 Å². The third-order valence-electron chi connectivity index (χ3n) is 5.48. The van der Waals surface area contributed by atoms with E-state index in [0.717, 1.165) is 16.9 Å². The summed E-state index contributed by atoms with van der Waals surface area (Å²) in [4.78, 5) is 33.1. The minimum absolute atomic E-state index is 0.0705. The number of piperazine rings is 1. The molecule has 1 aromatic carbocycles. The van der Waals surface area contributed by atoms with Gasteiger partial charge in [0.15, 0.2) is 0 Å². The standard InChI is InChI=1S/C25H30N4O4/c1-18(2)16-33-25(31)28-11-9-27(10-12-28)24(30)20-5-4-6-22(13-20)32-17-21-15-29-14-19(3)7-8-23(29)26-21/h4-8,13-15,18H,9-12,16-17H2,1-3H3. The van der Waals surface area contributed by atoms with Crippen LogP contribution in [0.3, 0.4) is 0 Å². The van der Waals surface area contributed by atoms with Crippen molar-refractivity contribution in [2.45, 2.75) is 27.4 Å². The number of carbonyl (C=O) groups excluding carboxylic acids is 2. The first-order valence-corrected chi connectivity index (χ1v) is 11.3. The van der Waals surface area contributed by atoms with Crippen molar-refractivity contribution in [3.63, 3.8) is 0 Å². The minimum atomic E-state index is -0.312. The van der Waals surface area contributed by atoms with Gasteiger partial charge in [-0.05, 0) is 42.7 Å². The Balaban J connectivity index is 1.32. The molecule has 1 saturated heterocycles. The Morgan fingerprint density at radius 1 is 1.03 bits per heavy atom. The van der Waals surface area contributed by atoms with Crippen molar-refractivity contribution in [1.29, 1.82) is 0 Å². The molecule has 2 aromatic heterocycles. The van der Waals surface area contributed by atoms with Gasteiger partial charge in [-0.3, -0.25) is 4.79 Å². The molecule has 8 heteroatoms. The molecule has 33 heavy (non-hydrogen) atoms. The summed E-state index contributed by atoms with van der Waals surface area (Å²) in [6.07, 6.45) is 3.66. The lowest BCUT2D eigenvalue weighted by molar-refractivity contribution is 0.0535. The van der Waals surface area contributed by atoms with Gasteiger partial charge in [0.05, 0.1) is 12.3 Å². The van der Waals surface area contributed by atoms with Gasteiger partial charge in [-0.1, -0.05) is 26.0 Å². The molecule has 3 heterocycles. The molecule has 0 unspecified atom stereocenters. The molecule has 0 atom stereocenters. The molecule has 1 aliphatic heterocycles. The molecule has 174 valence electrons. The molecule has 0 bridgehead atoms. The van der Waals surface area contributed by atoms with Crippen molar-refractivity contribution in [2.24, 2.45) is 5.92 Å². The lowest BCUT2D eigenvalue weighted by atomic mass is 10.1. The number of hydrogen-bond acceptors (Lipinski definition) is 5. The summed E-state index contributed by atoms with van der Waals surface area (Å²) in [6.45, 7) is 8.63. The Kier molecular flexibility index (Phi) is 6.82. The van der Waals surface area contributed by atoms with Crippen molar-refractivity contribution in [1.82, 2.24) is 19.2 Å². The van der Waals surface area contributed by atoms with E-state index in [1.807, 2.05) is 61.8 Å². The molecule has 0 spiro atoms. The number of fused-ring (bicyclic) bond motifs is 1. The van der Waals surface area contributed by atoms with Crippen LogP contribution in [0.15, 0.2) is 48.8 Å². The highest BCUT2D eigenvalue weighted by Gasteiger charge is 2.26. The van der Waals surface area contributed by atoms with E-state index in [-0.39, 0.29) is 12.0 Å². The first-order chi connectivity index (χ1) is 15.9. The highest BCUT2D eigenvalue weighted by atomic mass is 16.6. The number of rotatable bonds is 6. The maximum atomic E-state index is 13.0. The van der Waals surface area contributed by atoms with Crippen LogP contribution in [0.5, 0.6) is 5.75 Å². The minimum Gasteiger partial charge on any atom is -0.487 e. The van der Waals surface area contributed by atoms with Crippen molar-refractivity contribution >= 4 is 17.6 Å². The fourth-order valence-electron chi connectivity index (χ4n) is 3.71. The molecule has 0 radical (unpaired) electrons. The van der Waals surface area contributed by atoms with E-state index < -0.39 is 0 Å². The summed E-state index contributed by atoms with van der Waals surface area (Å²) in [5.74, 6) is 0.840. The predicted molar refractivity (Wildman–Crippen MR) is 124 cm³/mol. The number of imidazole rings is 1. The zero-order chi connectivity index (χ0) is 23.4. The molecule has 1 aliphatic rings. The van der Waals surface area contributed by atoms with E-state index in [1.165, 1.54) is 0 Å². The molecular formula is C25H30N4O4. The third-order valence-corrected chi connectivity index (χ3v) is 5.48. The highest BCUT2D eigenvalue weighted by Crippen LogP contribution is 2.18. The van der Waals surface area contributed by atoms with E-state index in [1.54, 1.807) is 21.9 Å². The molecule has 3 aromatic rings. The third kappa shape index (κ3) is 5.63. The smallest absolute Gasteiger partial charge is 0.409 e. The summed E-state index contributed by atoms with van der Waals surface area (Å²) in [7, 11) is 0. The second kappa shape index (κ2) is 9.94. The number of hydrogen-bond donors (Lipinski definition) is 0. The average Bonchev–Trinajstić information content (AvgIpc) is 3.23. The lowest BCUT2D eigenvalue weighted by Crippen LogP contribution is -2.50. The van der Waals surface area contributed by atoms with E-state index in [4.69, 9.17) is 9.47 Å². The number of pyridine rings is 1. The van der Waals surface area contributed by atoms with Gasteiger partial charge in [-0.25, -0.2) is 9.78 Å². The number of amides is 2. The summed E-state index contributed by atoms with van der Waals surface area (Å²) >= 11 is 0. The molecule has 2 amide bonds. The maximum Gasteiger partial charge on any atom is 0.409 e. The summed E-state index contributed by atoms with van der Waals surface area (Å²) in [5.41, 5.74) is 3.41. The van der Waals surface area contributed by atoms with E-state index in [2.05, 4.69) is 4.98 Å². The van der Waals surface area contributed by atoms with Crippen LogP contribution >= 0.6 is 0 Å². The molecule has 8 nitrogen and oxygen atoms in total. The van der Waals surface area contributed by atoms with E-state index >= 15 is 0 Å². The van der Waals surface area contributed by atoms with Crippen molar-refractivity contribution in [2.75, 3.05) is 32.8 Å². The van der Waals surface area contributed by atoms with Crippen LogP contribution < -0.4 is 4.74 Å². The molecule has 0 aliphatic carbocycles. The Hall–Kier alpha value is -3.55. The van der Waals surface area contributed by atoms with Gasteiger partial charge in [0.1, 0.15) is 18.0 Å². The van der Waals surface area contributed by atoms with Crippen molar-refractivity contribution in [3.8, 4) is 5.75 Å². The lowest BCUT2D eigenvalue weighted by Gasteiger charge is -2.34. The van der Waals surface area contributed by atoms with Crippen LogP contribution in [0.2, 0.25) is 0 Å². The Morgan fingerprint density at radius 2 is 1.79 bits per heavy atom. The normalized spacial score (nSPS) is 14.1. The first kappa shape index (κ1) is 22.6. The Labute approximate surface area is 193 Å². The SMILES string of the molecule is Cc1ccc2nc(COc3cccc(C(=O)N4CCN(C(=O)OCC(C)C)CC4)c3)cn2c1. The molecule has 0 N–H and O–H groups in total. The number of carbonyl (C=O) groups is 2. The quantitative estimate of drug-likeness (QED) is 0.571. The van der Waals surface area contributed by atoms with E-state index in [0.29, 0.717) is 56.6 Å². The van der Waals surface area contributed by atoms with Crippen LogP contribution in [-0.2, 0) is 11.3 Å². The zero-order valence-corrected chi connectivity index (χ0v) is 19.4. The number of benzene rings is 1. The average molecular weight is 451 g/mol. The van der Waals surface area contributed by atoms with E-state index in [9.17, 15) is 9.59 Å². The Morgan fingerprint density at radius 3 is 2.55 bits per heavy atom. The second-order valence-electron chi connectivity index (χ2n) is 8.77. The molecular weight excluding hydrogens is 420 g/mol. The summed E-state index contributed by atoms with van der Waals surface area (Å²) in [6, 6.07) is 11.2. The van der Waals surface area contributed by atoms with Crippen LogP contribution in [-0.4, -0.2) is 64.0 Å². The van der Waals surface area contributed by atoms with Crippen LogP contribution in [0.4, 0.5) is 4.79 Å². The maximum absolute atomic E-state index is 13.0. The number of aryl methyl sites for hydroxylation is 1. The fraction of sp³-hybridized carbons (Fsp3) is 0.400. The fourth-order valence-corrected chi connectivity index (χ4v) is 3.71.